The lowest BCUT2D eigenvalue weighted by atomic mass is 9.83. The third-order valence-electron chi connectivity index (χ3n) is 4.71. The lowest BCUT2D eigenvalue weighted by molar-refractivity contribution is -0.136. The topological polar surface area (TPSA) is 46.3 Å². The molecule has 2 fully saturated rings. The minimum atomic E-state index is 0.333. The second-order valence-electron chi connectivity index (χ2n) is 6.14. The maximum Gasteiger partial charge on any atom is 0.223 e. The van der Waals surface area contributed by atoms with Crippen molar-refractivity contribution in [1.29, 1.82) is 0 Å². The molecule has 1 heterocycles. The largest absolute Gasteiger partial charge is 0.340 e. The Kier molecular flexibility index (Phi) is 5.04. The molecule has 104 valence electrons. The minimum absolute atomic E-state index is 0.333. The quantitative estimate of drug-likeness (QED) is 0.839. The first kappa shape index (κ1) is 13.9. The Morgan fingerprint density at radius 1 is 1.22 bits per heavy atom. The van der Waals surface area contributed by atoms with E-state index < -0.39 is 0 Å². The maximum absolute atomic E-state index is 12.4. The summed E-state index contributed by atoms with van der Waals surface area (Å²) in [6.45, 7) is 3.18. The van der Waals surface area contributed by atoms with Gasteiger partial charge in [0.05, 0.1) is 0 Å². The SMILES string of the molecule is CCC1CCCCN1C(=O)CC1CCCC(N)C1. The van der Waals surface area contributed by atoms with Gasteiger partial charge in [-0.2, -0.15) is 0 Å². The Balaban J connectivity index is 1.85. The van der Waals surface area contributed by atoms with E-state index in [2.05, 4.69) is 11.8 Å². The number of piperidine rings is 1. The number of amides is 1. The molecule has 1 aliphatic carbocycles. The van der Waals surface area contributed by atoms with Gasteiger partial charge >= 0.3 is 0 Å². The van der Waals surface area contributed by atoms with Crippen LogP contribution in [0.3, 0.4) is 0 Å². The van der Waals surface area contributed by atoms with Crippen LogP contribution >= 0.6 is 0 Å². The van der Waals surface area contributed by atoms with Gasteiger partial charge in [-0.05, 0) is 50.9 Å². The first-order valence-corrected chi connectivity index (χ1v) is 7.75. The monoisotopic (exact) mass is 252 g/mol. The molecule has 0 spiro atoms. The van der Waals surface area contributed by atoms with Crippen LogP contribution in [0.5, 0.6) is 0 Å². The van der Waals surface area contributed by atoms with Crippen molar-refractivity contribution in [2.75, 3.05) is 6.54 Å². The Hall–Kier alpha value is -0.570. The molecule has 1 aliphatic heterocycles. The summed E-state index contributed by atoms with van der Waals surface area (Å²) < 4.78 is 0. The number of carbonyl (C=O) groups is 1. The molecular weight excluding hydrogens is 224 g/mol. The molecule has 3 nitrogen and oxygen atoms in total. The summed E-state index contributed by atoms with van der Waals surface area (Å²) in [5, 5.41) is 0. The van der Waals surface area contributed by atoms with Crippen LogP contribution in [0, 0.1) is 5.92 Å². The van der Waals surface area contributed by atoms with E-state index in [1.54, 1.807) is 0 Å². The number of rotatable bonds is 3. The average molecular weight is 252 g/mol. The van der Waals surface area contributed by atoms with Crippen LogP contribution < -0.4 is 5.73 Å². The second-order valence-corrected chi connectivity index (χ2v) is 6.14. The van der Waals surface area contributed by atoms with Crippen molar-refractivity contribution < 1.29 is 4.79 Å². The van der Waals surface area contributed by atoms with Gasteiger partial charge in [0.1, 0.15) is 0 Å². The maximum atomic E-state index is 12.4. The van der Waals surface area contributed by atoms with Crippen LogP contribution in [0.25, 0.3) is 0 Å². The minimum Gasteiger partial charge on any atom is -0.340 e. The lowest BCUT2D eigenvalue weighted by Crippen LogP contribution is -2.44. The molecule has 1 amide bonds. The van der Waals surface area contributed by atoms with Gasteiger partial charge in [0.2, 0.25) is 5.91 Å². The zero-order valence-corrected chi connectivity index (χ0v) is 11.7. The highest BCUT2D eigenvalue weighted by atomic mass is 16.2. The average Bonchev–Trinajstić information content (AvgIpc) is 2.38. The first-order chi connectivity index (χ1) is 8.70. The number of nitrogens with two attached hydrogens (primary N) is 1. The van der Waals surface area contributed by atoms with Gasteiger partial charge < -0.3 is 10.6 Å². The molecule has 0 aromatic heterocycles. The highest BCUT2D eigenvalue weighted by molar-refractivity contribution is 5.77. The summed E-state index contributed by atoms with van der Waals surface area (Å²) >= 11 is 0. The number of carbonyl (C=O) groups excluding carboxylic acids is 1. The van der Waals surface area contributed by atoms with Gasteiger partial charge in [-0.3, -0.25) is 4.79 Å². The molecule has 2 aliphatic rings. The van der Waals surface area contributed by atoms with E-state index in [1.807, 2.05) is 0 Å². The molecule has 0 aromatic carbocycles. The van der Waals surface area contributed by atoms with Crippen molar-refractivity contribution in [1.82, 2.24) is 4.90 Å². The summed E-state index contributed by atoms with van der Waals surface area (Å²) in [6.07, 6.45) is 10.1. The predicted molar refractivity (Wildman–Crippen MR) is 74.2 cm³/mol. The zero-order chi connectivity index (χ0) is 13.0. The normalized spacial score (nSPS) is 33.4. The molecule has 1 saturated heterocycles. The first-order valence-electron chi connectivity index (χ1n) is 7.75. The molecule has 3 atom stereocenters. The smallest absolute Gasteiger partial charge is 0.223 e. The number of nitrogens with zero attached hydrogens (tertiary/aromatic N) is 1. The van der Waals surface area contributed by atoms with Gasteiger partial charge in [-0.15, -0.1) is 0 Å². The third kappa shape index (κ3) is 3.47. The van der Waals surface area contributed by atoms with Gasteiger partial charge in [0.25, 0.3) is 0 Å². The van der Waals surface area contributed by atoms with E-state index in [0.29, 0.717) is 23.9 Å². The molecular formula is C15H28N2O. The summed E-state index contributed by atoms with van der Waals surface area (Å²) in [6, 6.07) is 0.836. The number of hydrogen-bond acceptors (Lipinski definition) is 2. The van der Waals surface area contributed by atoms with Crippen molar-refractivity contribution >= 4 is 5.91 Å². The molecule has 0 bridgehead atoms. The highest BCUT2D eigenvalue weighted by Crippen LogP contribution is 2.28. The van der Waals surface area contributed by atoms with Gasteiger partial charge in [-0.1, -0.05) is 13.3 Å². The van der Waals surface area contributed by atoms with E-state index in [4.69, 9.17) is 5.73 Å². The molecule has 2 rings (SSSR count). The van der Waals surface area contributed by atoms with Crippen molar-refractivity contribution in [2.24, 2.45) is 11.7 Å². The Morgan fingerprint density at radius 2 is 2.06 bits per heavy atom. The van der Waals surface area contributed by atoms with Gasteiger partial charge in [-0.25, -0.2) is 0 Å². The molecule has 3 heteroatoms. The van der Waals surface area contributed by atoms with Crippen molar-refractivity contribution in [3.05, 3.63) is 0 Å². The van der Waals surface area contributed by atoms with Crippen LogP contribution in [0.2, 0.25) is 0 Å². The van der Waals surface area contributed by atoms with Crippen molar-refractivity contribution in [3.8, 4) is 0 Å². The molecule has 2 N–H and O–H groups in total. The molecule has 18 heavy (non-hydrogen) atoms. The Bertz CT molecular complexity index is 280. The Labute approximate surface area is 111 Å². The third-order valence-corrected chi connectivity index (χ3v) is 4.71. The van der Waals surface area contributed by atoms with Crippen molar-refractivity contribution in [3.63, 3.8) is 0 Å². The fourth-order valence-corrected chi connectivity index (χ4v) is 3.64. The van der Waals surface area contributed by atoms with Crippen LogP contribution in [-0.2, 0) is 4.79 Å². The van der Waals surface area contributed by atoms with Crippen molar-refractivity contribution in [2.45, 2.75) is 76.8 Å². The zero-order valence-electron chi connectivity index (χ0n) is 11.7. The van der Waals surface area contributed by atoms with Crippen LogP contribution in [0.1, 0.15) is 64.7 Å². The van der Waals surface area contributed by atoms with Gasteiger partial charge in [0, 0.05) is 25.0 Å². The van der Waals surface area contributed by atoms with E-state index in [0.717, 1.165) is 32.2 Å². The fourth-order valence-electron chi connectivity index (χ4n) is 3.64. The highest BCUT2D eigenvalue weighted by Gasteiger charge is 2.28. The Morgan fingerprint density at radius 3 is 2.78 bits per heavy atom. The predicted octanol–water partition coefficient (Wildman–Crippen LogP) is 2.69. The van der Waals surface area contributed by atoms with Crippen LogP contribution in [0.15, 0.2) is 0 Å². The van der Waals surface area contributed by atoms with Crippen LogP contribution in [0.4, 0.5) is 0 Å². The number of likely N-dealkylation sites (tertiary alicyclic amines) is 1. The standard InChI is InChI=1S/C15H28N2O/c1-2-14-8-3-4-9-17(14)15(18)11-12-6-5-7-13(16)10-12/h12-14H,2-11,16H2,1H3. The summed E-state index contributed by atoms with van der Waals surface area (Å²) in [5.74, 6) is 0.932. The summed E-state index contributed by atoms with van der Waals surface area (Å²) in [7, 11) is 0. The van der Waals surface area contributed by atoms with Crippen LogP contribution in [-0.4, -0.2) is 29.4 Å². The molecule has 1 saturated carbocycles. The van der Waals surface area contributed by atoms with Gasteiger partial charge in [0.15, 0.2) is 0 Å². The molecule has 0 aromatic rings. The fraction of sp³-hybridized carbons (Fsp3) is 0.933. The molecule has 3 unspecified atom stereocenters. The summed E-state index contributed by atoms with van der Waals surface area (Å²) in [5.41, 5.74) is 6.01. The summed E-state index contributed by atoms with van der Waals surface area (Å²) in [4.78, 5) is 14.6. The van der Waals surface area contributed by atoms with E-state index in [-0.39, 0.29) is 0 Å². The van der Waals surface area contributed by atoms with E-state index >= 15 is 0 Å². The lowest BCUT2D eigenvalue weighted by Gasteiger charge is -2.37. The number of hydrogen-bond donors (Lipinski definition) is 1. The second kappa shape index (κ2) is 6.55. The molecule has 0 radical (unpaired) electrons. The van der Waals surface area contributed by atoms with E-state index in [9.17, 15) is 4.79 Å². The van der Waals surface area contributed by atoms with E-state index in [1.165, 1.54) is 32.1 Å².